The standard InChI is InChI=1S/C7H14NO6P/c9-4-2-6(7(10)11)8-3-1-5-15(12,13)14/h1,5-6,8-9H,2-4H2,(H,10,11)(H2,12,13,14)/t6-/m0/s1. The van der Waals surface area contributed by atoms with Gasteiger partial charge in [-0.15, -0.1) is 0 Å². The Kier molecular flexibility index (Phi) is 6.38. The van der Waals surface area contributed by atoms with Gasteiger partial charge in [0.15, 0.2) is 0 Å². The molecular formula is C7H14NO6P. The lowest BCUT2D eigenvalue weighted by atomic mass is 10.2. The van der Waals surface area contributed by atoms with Gasteiger partial charge in [-0.05, 0) is 6.42 Å². The molecule has 0 aliphatic rings. The highest BCUT2D eigenvalue weighted by Crippen LogP contribution is 2.35. The van der Waals surface area contributed by atoms with Crippen LogP contribution >= 0.6 is 7.60 Å². The minimum Gasteiger partial charge on any atom is -0.480 e. The molecule has 88 valence electrons. The molecule has 0 spiro atoms. The number of carbonyl (C=O) groups is 1. The van der Waals surface area contributed by atoms with E-state index < -0.39 is 19.6 Å². The lowest BCUT2D eigenvalue weighted by Crippen LogP contribution is -2.37. The van der Waals surface area contributed by atoms with E-state index in [0.717, 1.165) is 6.08 Å². The van der Waals surface area contributed by atoms with E-state index in [2.05, 4.69) is 5.32 Å². The average Bonchev–Trinajstić information content (AvgIpc) is 2.08. The molecule has 0 aromatic rings. The second-order valence-corrected chi connectivity index (χ2v) is 4.26. The van der Waals surface area contributed by atoms with Crippen molar-refractivity contribution < 1.29 is 29.4 Å². The summed E-state index contributed by atoms with van der Waals surface area (Å²) in [6.07, 6.45) is 1.19. The number of carboxylic acids is 1. The molecule has 7 nitrogen and oxygen atoms in total. The normalized spacial score (nSPS) is 14.3. The third-order valence-electron chi connectivity index (χ3n) is 1.50. The number of aliphatic hydroxyl groups excluding tert-OH is 1. The van der Waals surface area contributed by atoms with Crippen LogP contribution in [0, 0.1) is 0 Å². The van der Waals surface area contributed by atoms with Gasteiger partial charge in [0.25, 0.3) is 0 Å². The van der Waals surface area contributed by atoms with Gasteiger partial charge in [0.05, 0.1) is 0 Å². The molecule has 0 aliphatic carbocycles. The molecule has 0 aliphatic heterocycles. The highest BCUT2D eigenvalue weighted by Gasteiger charge is 2.14. The van der Waals surface area contributed by atoms with Gasteiger partial charge in [-0.25, -0.2) is 0 Å². The first-order chi connectivity index (χ1) is 6.87. The van der Waals surface area contributed by atoms with Crippen LogP contribution in [0.25, 0.3) is 0 Å². The van der Waals surface area contributed by atoms with Crippen LogP contribution in [0.15, 0.2) is 11.9 Å². The molecule has 0 saturated carbocycles. The molecule has 15 heavy (non-hydrogen) atoms. The van der Waals surface area contributed by atoms with Crippen LogP contribution in [0.2, 0.25) is 0 Å². The minimum atomic E-state index is -4.18. The predicted octanol–water partition coefficient (Wildman–Crippen LogP) is -0.897. The van der Waals surface area contributed by atoms with Crippen molar-refractivity contribution in [2.75, 3.05) is 13.2 Å². The number of rotatable bonds is 7. The first kappa shape index (κ1) is 14.3. The van der Waals surface area contributed by atoms with Crippen LogP contribution in [0.3, 0.4) is 0 Å². The molecule has 0 amide bonds. The zero-order chi connectivity index (χ0) is 11.9. The van der Waals surface area contributed by atoms with E-state index in [1.807, 2.05) is 0 Å². The highest BCUT2D eigenvalue weighted by atomic mass is 31.2. The van der Waals surface area contributed by atoms with Gasteiger partial charge in [0.1, 0.15) is 6.04 Å². The third kappa shape index (κ3) is 8.29. The summed E-state index contributed by atoms with van der Waals surface area (Å²) in [5.74, 6) is -0.425. The van der Waals surface area contributed by atoms with E-state index in [0.29, 0.717) is 5.82 Å². The lowest BCUT2D eigenvalue weighted by Gasteiger charge is -2.10. The summed E-state index contributed by atoms with van der Waals surface area (Å²) in [4.78, 5) is 27.4. The van der Waals surface area contributed by atoms with Crippen LogP contribution in [0.1, 0.15) is 6.42 Å². The summed E-state index contributed by atoms with van der Waals surface area (Å²) in [6.45, 7) is -0.256. The molecule has 0 heterocycles. The van der Waals surface area contributed by atoms with Crippen LogP contribution < -0.4 is 5.32 Å². The molecule has 8 heteroatoms. The van der Waals surface area contributed by atoms with Gasteiger partial charge in [-0.2, -0.15) is 0 Å². The highest BCUT2D eigenvalue weighted by molar-refractivity contribution is 7.55. The topological polar surface area (TPSA) is 127 Å². The zero-order valence-corrected chi connectivity index (χ0v) is 8.80. The van der Waals surface area contributed by atoms with Gasteiger partial charge in [-0.3, -0.25) is 9.36 Å². The van der Waals surface area contributed by atoms with Crippen LogP contribution in [0.4, 0.5) is 0 Å². The molecule has 0 rings (SSSR count). The fraction of sp³-hybridized carbons (Fsp3) is 0.571. The van der Waals surface area contributed by atoms with E-state index in [-0.39, 0.29) is 19.6 Å². The Morgan fingerprint density at radius 1 is 1.47 bits per heavy atom. The van der Waals surface area contributed by atoms with Gasteiger partial charge in [0.2, 0.25) is 0 Å². The van der Waals surface area contributed by atoms with E-state index >= 15 is 0 Å². The summed E-state index contributed by atoms with van der Waals surface area (Å²) in [6, 6.07) is -0.920. The van der Waals surface area contributed by atoms with Crippen molar-refractivity contribution in [3.05, 3.63) is 11.9 Å². The first-order valence-electron chi connectivity index (χ1n) is 4.17. The molecule has 0 bridgehead atoms. The summed E-state index contributed by atoms with van der Waals surface area (Å²) >= 11 is 0. The Balaban J connectivity index is 3.96. The van der Waals surface area contributed by atoms with E-state index in [1.54, 1.807) is 0 Å². The SMILES string of the molecule is O=C(O)[C@H](CCO)NCC=CP(=O)(O)O. The summed E-state index contributed by atoms with van der Waals surface area (Å²) in [5, 5.41) is 19.6. The predicted molar refractivity (Wildman–Crippen MR) is 52.3 cm³/mol. The molecular weight excluding hydrogens is 225 g/mol. The van der Waals surface area contributed by atoms with Crippen molar-refractivity contribution >= 4 is 13.6 Å². The molecule has 0 unspecified atom stereocenters. The van der Waals surface area contributed by atoms with Gasteiger partial charge >= 0.3 is 13.6 Å². The van der Waals surface area contributed by atoms with Crippen LogP contribution in [-0.2, 0) is 9.36 Å². The molecule has 0 saturated heterocycles. The Bertz CT molecular complexity index is 273. The largest absolute Gasteiger partial charge is 0.480 e. The van der Waals surface area contributed by atoms with Gasteiger partial charge in [0, 0.05) is 19.0 Å². The summed E-state index contributed by atoms with van der Waals surface area (Å²) < 4.78 is 10.4. The first-order valence-corrected chi connectivity index (χ1v) is 5.85. The maximum absolute atomic E-state index is 10.5. The molecule has 5 N–H and O–H groups in total. The maximum Gasteiger partial charge on any atom is 0.348 e. The Labute approximate surface area is 86.6 Å². The van der Waals surface area contributed by atoms with Gasteiger partial charge in [-0.1, -0.05) is 6.08 Å². The Morgan fingerprint density at radius 3 is 2.47 bits per heavy atom. The molecule has 0 radical (unpaired) electrons. The molecule has 0 aromatic carbocycles. The number of hydrogen-bond acceptors (Lipinski definition) is 4. The smallest absolute Gasteiger partial charge is 0.348 e. The van der Waals surface area contributed by atoms with Crippen LogP contribution in [0.5, 0.6) is 0 Å². The second kappa shape index (κ2) is 6.71. The summed E-state index contributed by atoms with van der Waals surface area (Å²) in [5.41, 5.74) is 0. The molecule has 0 aromatic heterocycles. The number of aliphatic hydroxyl groups is 1. The summed E-state index contributed by atoms with van der Waals surface area (Å²) in [7, 11) is -4.18. The van der Waals surface area contributed by atoms with Crippen molar-refractivity contribution in [1.82, 2.24) is 5.32 Å². The second-order valence-electron chi connectivity index (χ2n) is 2.79. The van der Waals surface area contributed by atoms with E-state index in [9.17, 15) is 9.36 Å². The van der Waals surface area contributed by atoms with Crippen molar-refractivity contribution in [3.8, 4) is 0 Å². The van der Waals surface area contributed by atoms with E-state index in [4.69, 9.17) is 20.0 Å². The van der Waals surface area contributed by atoms with Crippen molar-refractivity contribution in [3.63, 3.8) is 0 Å². The van der Waals surface area contributed by atoms with E-state index in [1.165, 1.54) is 0 Å². The maximum atomic E-state index is 10.5. The Hall–Kier alpha value is -0.720. The van der Waals surface area contributed by atoms with Gasteiger partial charge < -0.3 is 25.3 Å². The monoisotopic (exact) mass is 239 g/mol. The number of nitrogens with one attached hydrogen (secondary N) is 1. The lowest BCUT2D eigenvalue weighted by molar-refractivity contribution is -0.139. The van der Waals surface area contributed by atoms with Crippen molar-refractivity contribution in [2.24, 2.45) is 0 Å². The quantitative estimate of drug-likeness (QED) is 0.364. The third-order valence-corrected chi connectivity index (χ3v) is 2.10. The van der Waals surface area contributed by atoms with Crippen LogP contribution in [-0.4, -0.2) is 45.2 Å². The number of hydrogen-bond donors (Lipinski definition) is 5. The van der Waals surface area contributed by atoms with Crippen molar-refractivity contribution in [1.29, 1.82) is 0 Å². The van der Waals surface area contributed by atoms with Crippen molar-refractivity contribution in [2.45, 2.75) is 12.5 Å². The molecule has 1 atom stereocenters. The number of aliphatic carboxylic acids is 1. The average molecular weight is 239 g/mol. The number of carboxylic acid groups (broad SMARTS) is 1. The Morgan fingerprint density at radius 2 is 2.07 bits per heavy atom. The minimum absolute atomic E-state index is 0.0159. The molecule has 0 fully saturated rings. The fourth-order valence-corrected chi connectivity index (χ4v) is 1.22. The fourth-order valence-electron chi connectivity index (χ4n) is 0.842. The zero-order valence-electron chi connectivity index (χ0n) is 7.91.